The molecule has 0 bridgehead atoms. The van der Waals surface area contributed by atoms with Gasteiger partial charge in [0.15, 0.2) is 0 Å². The molecule has 0 radical (unpaired) electrons. The van der Waals surface area contributed by atoms with Gasteiger partial charge in [-0.15, -0.1) is 0 Å². The van der Waals surface area contributed by atoms with E-state index in [0.717, 1.165) is 6.26 Å². The van der Waals surface area contributed by atoms with Crippen molar-refractivity contribution in [3.05, 3.63) is 40.4 Å². The number of nitrogens with zero attached hydrogens (tertiary/aromatic N) is 3. The Morgan fingerprint density at radius 2 is 2.00 bits per heavy atom. The molecule has 1 aromatic heterocycles. The summed E-state index contributed by atoms with van der Waals surface area (Å²) in [7, 11) is -3.33. The van der Waals surface area contributed by atoms with Crippen LogP contribution in [0.3, 0.4) is 0 Å². The smallest absolute Gasteiger partial charge is 0.259 e. The summed E-state index contributed by atoms with van der Waals surface area (Å²) in [4.78, 5) is 14.6. The van der Waals surface area contributed by atoms with E-state index in [1.165, 1.54) is 27.4 Å². The number of aryl methyl sites for hydroxylation is 1. The van der Waals surface area contributed by atoms with Crippen molar-refractivity contribution in [1.29, 1.82) is 0 Å². The molecule has 0 atom stereocenters. The minimum absolute atomic E-state index is 0.00644. The minimum atomic E-state index is -3.33. The third-order valence-corrected chi connectivity index (χ3v) is 6.11. The van der Waals surface area contributed by atoms with Crippen molar-refractivity contribution in [1.82, 2.24) is 14.4 Å². The minimum Gasteiger partial charge on any atom is -0.360 e. The third-order valence-electron chi connectivity index (χ3n) is 4.49. The third kappa shape index (κ3) is 3.99. The fraction of sp³-hybridized carbons (Fsp3) is 0.412. The van der Waals surface area contributed by atoms with Gasteiger partial charge < -0.3 is 9.42 Å². The van der Waals surface area contributed by atoms with Crippen LogP contribution in [0.5, 0.6) is 0 Å². The van der Waals surface area contributed by atoms with Crippen LogP contribution in [-0.4, -0.2) is 61.1 Å². The summed E-state index contributed by atoms with van der Waals surface area (Å²) in [5, 5.41) is 3.97. The van der Waals surface area contributed by atoms with Crippen molar-refractivity contribution in [2.24, 2.45) is 0 Å². The van der Waals surface area contributed by atoms with Crippen molar-refractivity contribution >= 4 is 27.5 Å². The zero-order chi connectivity index (χ0) is 19.8. The maximum atomic E-state index is 14.3. The van der Waals surface area contributed by atoms with E-state index >= 15 is 0 Å². The van der Waals surface area contributed by atoms with Crippen LogP contribution in [0.25, 0.3) is 11.3 Å². The standard InChI is InChI=1S/C17H19ClFN3O4S/c1-11-14(16(20-26-11)15-12(18)5-3-6-13(15)19)17(23)21-7-4-8-22(10-9-21)27(2,24)25/h3,5-6H,4,7-10H2,1-2H3. The van der Waals surface area contributed by atoms with Crippen LogP contribution in [0.15, 0.2) is 22.7 Å². The highest BCUT2D eigenvalue weighted by atomic mass is 35.5. The van der Waals surface area contributed by atoms with E-state index in [-0.39, 0.29) is 40.7 Å². The number of hydrogen-bond donors (Lipinski definition) is 0. The van der Waals surface area contributed by atoms with Gasteiger partial charge in [-0.05, 0) is 25.5 Å². The monoisotopic (exact) mass is 415 g/mol. The first-order chi connectivity index (χ1) is 12.7. The first-order valence-corrected chi connectivity index (χ1v) is 10.6. The molecule has 1 fully saturated rings. The summed E-state index contributed by atoms with van der Waals surface area (Å²) in [6.07, 6.45) is 1.64. The van der Waals surface area contributed by atoms with Crippen LogP contribution >= 0.6 is 11.6 Å². The van der Waals surface area contributed by atoms with Crippen LogP contribution in [0.2, 0.25) is 5.02 Å². The summed E-state index contributed by atoms with van der Waals surface area (Å²) in [6, 6.07) is 4.20. The van der Waals surface area contributed by atoms with Gasteiger partial charge in [0.1, 0.15) is 22.8 Å². The lowest BCUT2D eigenvalue weighted by molar-refractivity contribution is 0.0763. The molecular weight excluding hydrogens is 397 g/mol. The molecule has 1 aliphatic rings. The maximum Gasteiger partial charge on any atom is 0.259 e. The number of rotatable bonds is 3. The number of benzene rings is 1. The lowest BCUT2D eigenvalue weighted by atomic mass is 10.0. The Hall–Kier alpha value is -1.97. The molecule has 10 heteroatoms. The van der Waals surface area contributed by atoms with Crippen LogP contribution in [0.4, 0.5) is 4.39 Å². The first-order valence-electron chi connectivity index (χ1n) is 8.35. The summed E-state index contributed by atoms with van der Waals surface area (Å²) in [5.74, 6) is -0.749. The van der Waals surface area contributed by atoms with E-state index in [2.05, 4.69) is 5.16 Å². The van der Waals surface area contributed by atoms with Crippen molar-refractivity contribution in [3.8, 4) is 11.3 Å². The lowest BCUT2D eigenvalue weighted by Gasteiger charge is -2.21. The second-order valence-corrected chi connectivity index (χ2v) is 8.76. The largest absolute Gasteiger partial charge is 0.360 e. The normalized spacial score (nSPS) is 16.4. The SMILES string of the molecule is Cc1onc(-c2c(F)cccc2Cl)c1C(=O)N1CCCN(S(C)(=O)=O)CC1. The van der Waals surface area contributed by atoms with E-state index in [4.69, 9.17) is 16.1 Å². The Kier molecular flexibility index (Phi) is 5.55. The predicted molar refractivity (Wildman–Crippen MR) is 98.6 cm³/mol. The molecule has 0 unspecified atom stereocenters. The number of carbonyl (C=O) groups is 1. The highest BCUT2D eigenvalue weighted by molar-refractivity contribution is 7.88. The highest BCUT2D eigenvalue weighted by Gasteiger charge is 2.30. The van der Waals surface area contributed by atoms with Gasteiger partial charge in [-0.25, -0.2) is 17.1 Å². The molecule has 0 N–H and O–H groups in total. The summed E-state index contributed by atoms with van der Waals surface area (Å²) in [6.45, 7) is 2.71. The molecule has 27 heavy (non-hydrogen) atoms. The van der Waals surface area contributed by atoms with Gasteiger partial charge in [-0.1, -0.05) is 22.8 Å². The van der Waals surface area contributed by atoms with Gasteiger partial charge in [0.2, 0.25) is 10.0 Å². The van der Waals surface area contributed by atoms with Crippen molar-refractivity contribution in [2.45, 2.75) is 13.3 Å². The molecule has 1 aliphatic heterocycles. The Morgan fingerprint density at radius 3 is 2.67 bits per heavy atom. The lowest BCUT2D eigenvalue weighted by Crippen LogP contribution is -2.37. The fourth-order valence-electron chi connectivity index (χ4n) is 3.11. The predicted octanol–water partition coefficient (Wildman–Crippen LogP) is 2.55. The van der Waals surface area contributed by atoms with E-state index in [1.54, 1.807) is 6.92 Å². The molecule has 146 valence electrons. The Labute approximate surface area is 161 Å². The van der Waals surface area contributed by atoms with E-state index in [1.807, 2.05) is 0 Å². The number of hydrogen-bond acceptors (Lipinski definition) is 5. The molecule has 2 aromatic rings. The van der Waals surface area contributed by atoms with Gasteiger partial charge in [-0.2, -0.15) is 0 Å². The van der Waals surface area contributed by atoms with Crippen molar-refractivity contribution in [2.75, 3.05) is 32.4 Å². The number of sulfonamides is 1. The average Bonchev–Trinajstić information content (AvgIpc) is 2.81. The van der Waals surface area contributed by atoms with Gasteiger partial charge >= 0.3 is 0 Å². The molecule has 3 rings (SSSR count). The molecule has 2 heterocycles. The van der Waals surface area contributed by atoms with E-state index in [9.17, 15) is 17.6 Å². The van der Waals surface area contributed by atoms with Gasteiger partial charge in [0.25, 0.3) is 5.91 Å². The molecule has 7 nitrogen and oxygen atoms in total. The quantitative estimate of drug-likeness (QED) is 0.769. The number of aromatic nitrogens is 1. The fourth-order valence-corrected chi connectivity index (χ4v) is 4.23. The summed E-state index contributed by atoms with van der Waals surface area (Å²) < 4.78 is 44.3. The Morgan fingerprint density at radius 1 is 1.26 bits per heavy atom. The van der Waals surface area contributed by atoms with Crippen LogP contribution in [0.1, 0.15) is 22.5 Å². The molecule has 0 aliphatic carbocycles. The van der Waals surface area contributed by atoms with Crippen LogP contribution < -0.4 is 0 Å². The average molecular weight is 416 g/mol. The Bertz CT molecular complexity index is 956. The second-order valence-electron chi connectivity index (χ2n) is 6.37. The van der Waals surface area contributed by atoms with Crippen LogP contribution in [-0.2, 0) is 10.0 Å². The summed E-state index contributed by atoms with van der Waals surface area (Å²) >= 11 is 6.11. The molecular formula is C17H19ClFN3O4S. The summed E-state index contributed by atoms with van der Waals surface area (Å²) in [5.41, 5.74) is 0.187. The zero-order valence-electron chi connectivity index (χ0n) is 14.9. The van der Waals surface area contributed by atoms with Crippen LogP contribution in [0, 0.1) is 12.7 Å². The first kappa shape index (κ1) is 19.8. The van der Waals surface area contributed by atoms with Crippen molar-refractivity contribution in [3.63, 3.8) is 0 Å². The maximum absolute atomic E-state index is 14.3. The molecule has 0 saturated carbocycles. The highest BCUT2D eigenvalue weighted by Crippen LogP contribution is 2.34. The number of halogens is 2. The topological polar surface area (TPSA) is 83.7 Å². The molecule has 0 spiro atoms. The molecule has 1 saturated heterocycles. The molecule has 1 amide bonds. The van der Waals surface area contributed by atoms with Crippen molar-refractivity contribution < 1.29 is 22.1 Å². The van der Waals surface area contributed by atoms with Gasteiger partial charge in [0, 0.05) is 26.2 Å². The zero-order valence-corrected chi connectivity index (χ0v) is 16.5. The number of carbonyl (C=O) groups excluding carboxylic acids is 1. The van der Waals surface area contributed by atoms with Gasteiger partial charge in [-0.3, -0.25) is 4.79 Å². The second kappa shape index (κ2) is 7.57. The van der Waals surface area contributed by atoms with E-state index in [0.29, 0.717) is 19.5 Å². The number of amides is 1. The van der Waals surface area contributed by atoms with Gasteiger partial charge in [0.05, 0.1) is 16.8 Å². The van der Waals surface area contributed by atoms with E-state index < -0.39 is 21.7 Å². The molecule has 1 aromatic carbocycles. The Balaban J connectivity index is 1.94.